The van der Waals surface area contributed by atoms with Crippen LogP contribution in [0.1, 0.15) is 60.3 Å². The molecular weight excluding hydrogens is 262 g/mol. The second-order valence-corrected chi connectivity index (χ2v) is 6.54. The van der Waals surface area contributed by atoms with Crippen LogP contribution in [0.2, 0.25) is 0 Å². The molecule has 0 fully saturated rings. The van der Waals surface area contributed by atoms with Gasteiger partial charge in [-0.1, -0.05) is 6.92 Å². The van der Waals surface area contributed by atoms with Gasteiger partial charge in [-0.15, -0.1) is 12.6 Å². The topological polar surface area (TPSA) is 55.4 Å². The van der Waals surface area contributed by atoms with E-state index in [1.54, 1.807) is 0 Å². The smallest absolute Gasteiger partial charge is 0.220 e. The number of thiol groups is 1. The second kappa shape index (κ2) is 7.90. The molecule has 1 N–H and O–H groups in total. The molecule has 0 saturated carbocycles. The fourth-order valence-corrected chi connectivity index (χ4v) is 1.70. The number of rotatable bonds is 9. The van der Waals surface area contributed by atoms with Crippen LogP contribution in [0.15, 0.2) is 0 Å². The minimum Gasteiger partial charge on any atom is -0.375 e. The molecule has 0 saturated heterocycles. The molecule has 0 aliphatic carbocycles. The summed E-state index contributed by atoms with van der Waals surface area (Å²) in [7, 11) is 0. The molecular formula is C14H27NO3S. The highest BCUT2D eigenvalue weighted by molar-refractivity contribution is 7.96. The summed E-state index contributed by atoms with van der Waals surface area (Å²) in [6, 6.07) is 0. The van der Waals surface area contributed by atoms with Crippen LogP contribution in [0.5, 0.6) is 0 Å². The van der Waals surface area contributed by atoms with Crippen LogP contribution in [0.4, 0.5) is 0 Å². The highest BCUT2D eigenvalue weighted by Gasteiger charge is 2.23. The van der Waals surface area contributed by atoms with Crippen molar-refractivity contribution in [2.75, 3.05) is 6.61 Å². The molecule has 0 aromatic rings. The van der Waals surface area contributed by atoms with E-state index < -0.39 is 0 Å². The highest BCUT2D eigenvalue weighted by atomic mass is 32.1. The van der Waals surface area contributed by atoms with Gasteiger partial charge in [0.15, 0.2) is 5.12 Å². The predicted molar refractivity (Wildman–Crippen MR) is 80.4 cm³/mol. The summed E-state index contributed by atoms with van der Waals surface area (Å²) < 4.78 is 5.79. The van der Waals surface area contributed by atoms with Crippen molar-refractivity contribution < 1.29 is 14.3 Å². The Morgan fingerprint density at radius 1 is 1.16 bits per heavy atom. The number of carbonyl (C=O) groups excluding carboxylic acids is 2. The third-order valence-corrected chi connectivity index (χ3v) is 3.18. The molecule has 0 rings (SSSR count). The summed E-state index contributed by atoms with van der Waals surface area (Å²) in [5, 5.41) is 2.84. The minimum absolute atomic E-state index is 0.0462. The molecule has 112 valence electrons. The molecule has 19 heavy (non-hydrogen) atoms. The third-order valence-electron chi connectivity index (χ3n) is 2.96. The van der Waals surface area contributed by atoms with E-state index >= 15 is 0 Å². The molecule has 0 aromatic heterocycles. The van der Waals surface area contributed by atoms with Crippen molar-refractivity contribution in [1.82, 2.24) is 5.32 Å². The molecule has 0 aromatic carbocycles. The van der Waals surface area contributed by atoms with Crippen LogP contribution in [0, 0.1) is 0 Å². The molecule has 0 radical (unpaired) electrons. The van der Waals surface area contributed by atoms with E-state index in [0.717, 1.165) is 6.42 Å². The predicted octanol–water partition coefficient (Wildman–Crippen LogP) is 2.71. The van der Waals surface area contributed by atoms with Crippen molar-refractivity contribution in [2.45, 2.75) is 71.4 Å². The van der Waals surface area contributed by atoms with Crippen LogP contribution in [0.25, 0.3) is 0 Å². The molecule has 4 nitrogen and oxygen atoms in total. The lowest BCUT2D eigenvalue weighted by atomic mass is 10.00. The van der Waals surface area contributed by atoms with Gasteiger partial charge in [-0.25, -0.2) is 0 Å². The fourth-order valence-electron chi connectivity index (χ4n) is 1.59. The maximum atomic E-state index is 11.4. The third kappa shape index (κ3) is 9.96. The lowest BCUT2D eigenvalue weighted by Gasteiger charge is -2.30. The SMILES string of the molecule is CCC(=O)NC(C)(C)CCOC(C)(C)CCC(=O)S. The quantitative estimate of drug-likeness (QED) is 0.642. The Bertz CT molecular complexity index is 314. The Labute approximate surface area is 122 Å². The van der Waals surface area contributed by atoms with Gasteiger partial charge in [0.05, 0.1) is 5.60 Å². The number of nitrogens with one attached hydrogen (secondary N) is 1. The Morgan fingerprint density at radius 2 is 1.74 bits per heavy atom. The molecule has 5 heteroatoms. The average molecular weight is 289 g/mol. The van der Waals surface area contributed by atoms with Crippen LogP contribution >= 0.6 is 12.6 Å². The van der Waals surface area contributed by atoms with E-state index in [-0.39, 0.29) is 22.2 Å². The lowest BCUT2D eigenvalue weighted by molar-refractivity contribution is -0.123. The summed E-state index contributed by atoms with van der Waals surface area (Å²) >= 11 is 3.75. The van der Waals surface area contributed by atoms with Gasteiger partial charge in [0.25, 0.3) is 0 Å². The van der Waals surface area contributed by atoms with E-state index in [0.29, 0.717) is 25.9 Å². The van der Waals surface area contributed by atoms with E-state index in [2.05, 4.69) is 17.9 Å². The maximum Gasteiger partial charge on any atom is 0.220 e. The molecule has 0 aliphatic rings. The van der Waals surface area contributed by atoms with Crippen LogP contribution in [-0.4, -0.2) is 28.8 Å². The average Bonchev–Trinajstić information content (AvgIpc) is 2.25. The number of amides is 1. The molecule has 0 heterocycles. The highest BCUT2D eigenvalue weighted by Crippen LogP contribution is 2.19. The Hall–Kier alpha value is -0.550. The minimum atomic E-state index is -0.344. The zero-order valence-corrected chi connectivity index (χ0v) is 13.6. The summed E-state index contributed by atoms with van der Waals surface area (Å²) in [5.41, 5.74) is -0.619. The van der Waals surface area contributed by atoms with E-state index in [4.69, 9.17) is 4.74 Å². The van der Waals surface area contributed by atoms with Crippen LogP contribution < -0.4 is 5.32 Å². The first-order valence-corrected chi connectivity index (χ1v) is 7.19. The number of hydrogen-bond donors (Lipinski definition) is 2. The second-order valence-electron chi connectivity index (χ2n) is 6.04. The largest absolute Gasteiger partial charge is 0.375 e. The van der Waals surface area contributed by atoms with Gasteiger partial charge in [-0.3, -0.25) is 9.59 Å². The van der Waals surface area contributed by atoms with E-state index in [1.165, 1.54) is 0 Å². The standard InChI is InChI=1S/C14H27NO3S/c1-6-11(16)15-13(2,3)9-10-18-14(4,5)8-7-12(17)19/h6-10H2,1-5H3,(H,15,16)(H,17,19). The fraction of sp³-hybridized carbons (Fsp3) is 0.857. The van der Waals surface area contributed by atoms with Crippen LogP contribution in [0.3, 0.4) is 0 Å². The van der Waals surface area contributed by atoms with Gasteiger partial charge in [0, 0.05) is 25.0 Å². The summed E-state index contributed by atoms with van der Waals surface area (Å²) in [4.78, 5) is 22.2. The van der Waals surface area contributed by atoms with Gasteiger partial charge in [-0.05, 0) is 40.5 Å². The molecule has 0 spiro atoms. The number of carbonyl (C=O) groups is 2. The first-order chi connectivity index (χ1) is 8.58. The Balaban J connectivity index is 4.05. The van der Waals surface area contributed by atoms with Crippen molar-refractivity contribution in [1.29, 1.82) is 0 Å². The number of hydrogen-bond acceptors (Lipinski definition) is 3. The Kier molecular flexibility index (Phi) is 7.67. The summed E-state index contributed by atoms with van der Waals surface area (Å²) in [5.74, 6) is 0.0462. The van der Waals surface area contributed by atoms with Gasteiger partial charge >= 0.3 is 0 Å². The first kappa shape index (κ1) is 18.4. The molecule has 0 atom stereocenters. The Morgan fingerprint density at radius 3 is 2.21 bits per heavy atom. The molecule has 1 amide bonds. The van der Waals surface area contributed by atoms with Gasteiger partial charge in [0.2, 0.25) is 5.91 Å². The van der Waals surface area contributed by atoms with Crippen molar-refractivity contribution >= 4 is 23.7 Å². The number of ether oxygens (including phenoxy) is 1. The van der Waals surface area contributed by atoms with Gasteiger partial charge in [0.1, 0.15) is 0 Å². The monoisotopic (exact) mass is 289 g/mol. The van der Waals surface area contributed by atoms with Crippen molar-refractivity contribution in [3.8, 4) is 0 Å². The molecule has 0 bridgehead atoms. The van der Waals surface area contributed by atoms with Gasteiger partial charge < -0.3 is 10.1 Å². The lowest BCUT2D eigenvalue weighted by Crippen LogP contribution is -2.44. The van der Waals surface area contributed by atoms with Gasteiger partial charge in [-0.2, -0.15) is 0 Å². The van der Waals surface area contributed by atoms with Crippen LogP contribution in [-0.2, 0) is 14.3 Å². The van der Waals surface area contributed by atoms with E-state index in [9.17, 15) is 9.59 Å². The van der Waals surface area contributed by atoms with Crippen molar-refractivity contribution in [3.05, 3.63) is 0 Å². The summed E-state index contributed by atoms with van der Waals surface area (Å²) in [6.07, 6.45) is 2.28. The zero-order chi connectivity index (χ0) is 15.1. The molecule has 0 unspecified atom stereocenters. The summed E-state index contributed by atoms with van der Waals surface area (Å²) in [6.45, 7) is 10.3. The first-order valence-electron chi connectivity index (χ1n) is 6.75. The van der Waals surface area contributed by atoms with Crippen molar-refractivity contribution in [2.24, 2.45) is 0 Å². The van der Waals surface area contributed by atoms with Crippen molar-refractivity contribution in [3.63, 3.8) is 0 Å². The normalized spacial score (nSPS) is 12.3. The molecule has 0 aliphatic heterocycles. The zero-order valence-electron chi connectivity index (χ0n) is 12.7. The van der Waals surface area contributed by atoms with E-state index in [1.807, 2.05) is 34.6 Å². The maximum absolute atomic E-state index is 11.4.